The number of alkyl carbamates (subject to hydrolysis) is 1. The van der Waals surface area contributed by atoms with Crippen molar-refractivity contribution in [2.75, 3.05) is 26.9 Å². The van der Waals surface area contributed by atoms with Gasteiger partial charge >= 0.3 is 12.1 Å². The molecule has 3 amide bonds. The first-order valence-corrected chi connectivity index (χ1v) is 19.0. The van der Waals surface area contributed by atoms with Crippen molar-refractivity contribution in [1.82, 2.24) is 16.0 Å². The number of hydrogen-bond donors (Lipinski definition) is 4. The molecule has 0 spiro atoms. The summed E-state index contributed by atoms with van der Waals surface area (Å²) >= 11 is 0. The molecule has 1 saturated carbocycles. The molecule has 1 fully saturated rings. The van der Waals surface area contributed by atoms with Gasteiger partial charge in [-0.3, -0.25) is 9.59 Å². The number of carbonyl (C=O) groups excluding carboxylic acids is 4. The van der Waals surface area contributed by atoms with E-state index in [1.54, 1.807) is 36.4 Å². The van der Waals surface area contributed by atoms with E-state index in [-0.39, 0.29) is 50.9 Å². The van der Waals surface area contributed by atoms with Crippen LogP contribution in [0.5, 0.6) is 0 Å². The predicted octanol–water partition coefficient (Wildman–Crippen LogP) is 6.28. The lowest BCUT2D eigenvalue weighted by Crippen LogP contribution is -2.51. The predicted molar refractivity (Wildman–Crippen MR) is 210 cm³/mol. The molecule has 292 valence electrons. The summed E-state index contributed by atoms with van der Waals surface area (Å²) in [6.07, 6.45) is 5.30. The average Bonchev–Trinajstić information content (AvgIpc) is 3.80. The Kier molecular flexibility index (Phi) is 14.8. The fourth-order valence-electron chi connectivity index (χ4n) is 7.66. The van der Waals surface area contributed by atoms with Gasteiger partial charge in [-0.25, -0.2) is 9.59 Å². The first-order valence-electron chi connectivity index (χ1n) is 19.0. The van der Waals surface area contributed by atoms with Crippen LogP contribution in [0.15, 0.2) is 104 Å². The molecule has 3 aromatic carbocycles. The minimum atomic E-state index is -1.09. The van der Waals surface area contributed by atoms with Gasteiger partial charge < -0.3 is 35.3 Å². The lowest BCUT2D eigenvalue weighted by molar-refractivity contribution is -0.155. The number of nitrogens with one attached hydrogen (secondary N) is 3. The van der Waals surface area contributed by atoms with E-state index in [0.29, 0.717) is 24.8 Å². The van der Waals surface area contributed by atoms with Crippen LogP contribution < -0.4 is 16.0 Å². The maximum atomic E-state index is 14.0. The third-order valence-electron chi connectivity index (χ3n) is 10.5. The van der Waals surface area contributed by atoms with E-state index in [1.807, 2.05) is 42.5 Å². The number of aliphatic hydroxyl groups excluding tert-OH is 1. The molecular weight excluding hydrogens is 698 g/mol. The number of allylic oxidation sites excluding steroid dienone is 2. The Bertz CT molecular complexity index is 1740. The summed E-state index contributed by atoms with van der Waals surface area (Å²) in [6, 6.07) is 23.0. The summed E-state index contributed by atoms with van der Waals surface area (Å²) in [7, 11) is 1.47. The van der Waals surface area contributed by atoms with Crippen molar-refractivity contribution in [3.8, 4) is 11.1 Å². The third-order valence-corrected chi connectivity index (χ3v) is 10.5. The lowest BCUT2D eigenvalue weighted by Gasteiger charge is -2.31. The van der Waals surface area contributed by atoms with Crippen LogP contribution in [0, 0.1) is 5.92 Å². The van der Waals surface area contributed by atoms with Crippen molar-refractivity contribution in [2.45, 2.75) is 81.0 Å². The normalized spacial score (nSPS) is 16.3. The Morgan fingerprint density at radius 1 is 0.891 bits per heavy atom. The minimum absolute atomic E-state index is 0.0314. The molecule has 0 radical (unpaired) electrons. The van der Waals surface area contributed by atoms with Gasteiger partial charge in [0.15, 0.2) is 0 Å². The van der Waals surface area contributed by atoms with E-state index in [2.05, 4.69) is 41.2 Å². The highest BCUT2D eigenvalue weighted by molar-refractivity contribution is 5.87. The van der Waals surface area contributed by atoms with Crippen LogP contribution in [0.1, 0.15) is 80.1 Å². The van der Waals surface area contributed by atoms with E-state index < -0.39 is 47.6 Å². The average molecular weight is 752 g/mol. The van der Waals surface area contributed by atoms with Gasteiger partial charge in [0.05, 0.1) is 30.7 Å². The van der Waals surface area contributed by atoms with E-state index in [0.717, 1.165) is 35.1 Å². The molecule has 11 nitrogen and oxygen atoms in total. The van der Waals surface area contributed by atoms with Crippen LogP contribution in [-0.4, -0.2) is 73.5 Å². The Morgan fingerprint density at radius 2 is 1.53 bits per heavy atom. The molecule has 0 unspecified atom stereocenters. The molecule has 11 heteroatoms. The lowest BCUT2D eigenvalue weighted by atomic mass is 9.95. The van der Waals surface area contributed by atoms with Gasteiger partial charge in [0, 0.05) is 19.4 Å². The van der Waals surface area contributed by atoms with Gasteiger partial charge in [0.2, 0.25) is 11.8 Å². The van der Waals surface area contributed by atoms with Crippen molar-refractivity contribution in [3.05, 3.63) is 121 Å². The van der Waals surface area contributed by atoms with Gasteiger partial charge in [-0.1, -0.05) is 104 Å². The van der Waals surface area contributed by atoms with Crippen LogP contribution in [0.3, 0.4) is 0 Å². The van der Waals surface area contributed by atoms with Crippen LogP contribution in [-0.2, 0) is 28.6 Å². The Hall–Kier alpha value is -5.26. The summed E-state index contributed by atoms with van der Waals surface area (Å²) in [6.45, 7) is 7.44. The van der Waals surface area contributed by atoms with Crippen LogP contribution >= 0.6 is 0 Å². The number of methoxy groups -OCH3 is 1. The Morgan fingerprint density at radius 3 is 2.13 bits per heavy atom. The van der Waals surface area contributed by atoms with E-state index in [1.165, 1.54) is 7.11 Å². The maximum absolute atomic E-state index is 14.0. The highest BCUT2D eigenvalue weighted by Crippen LogP contribution is 2.44. The van der Waals surface area contributed by atoms with E-state index in [4.69, 9.17) is 14.2 Å². The number of carbonyl (C=O) groups is 4. The highest BCUT2D eigenvalue weighted by Gasteiger charge is 2.37. The molecule has 0 aliphatic heterocycles. The zero-order valence-corrected chi connectivity index (χ0v) is 31.5. The van der Waals surface area contributed by atoms with Gasteiger partial charge in [-0.15, -0.1) is 13.2 Å². The molecule has 55 heavy (non-hydrogen) atoms. The first-order chi connectivity index (χ1) is 26.7. The van der Waals surface area contributed by atoms with Crippen LogP contribution in [0.2, 0.25) is 0 Å². The van der Waals surface area contributed by atoms with Crippen LogP contribution in [0.4, 0.5) is 4.79 Å². The van der Waals surface area contributed by atoms with Crippen molar-refractivity contribution in [1.29, 1.82) is 0 Å². The topological polar surface area (TPSA) is 152 Å². The second-order valence-corrected chi connectivity index (χ2v) is 14.3. The largest absolute Gasteiger partial charge is 0.454 e. The van der Waals surface area contributed by atoms with Crippen LogP contribution in [0.25, 0.3) is 11.1 Å². The summed E-state index contributed by atoms with van der Waals surface area (Å²) in [5.41, 5.74) is 4.24. The molecule has 0 aromatic heterocycles. The van der Waals surface area contributed by atoms with Gasteiger partial charge in [0.1, 0.15) is 18.8 Å². The van der Waals surface area contributed by atoms with Gasteiger partial charge in [0.25, 0.3) is 0 Å². The summed E-state index contributed by atoms with van der Waals surface area (Å²) < 4.78 is 17.4. The Labute approximate surface area is 323 Å². The summed E-state index contributed by atoms with van der Waals surface area (Å²) in [5.74, 6) is -2.45. The second-order valence-electron chi connectivity index (χ2n) is 14.3. The SMILES string of the molecule is C=CCC[C@H](NC(=O)OCC1c2ccccc2-c2ccccc21)C(=O)O[C@@H](c1ccccc1)[C@H](COC)NC(=O)[C@H](CC=C)CC(=O)NC1(CO)CCCC1. The minimum Gasteiger partial charge on any atom is -0.454 e. The third kappa shape index (κ3) is 10.5. The standard InChI is InChI=1S/C44H53N3O8/c1-4-6-23-37(46-43(52)54-27-36-34-21-12-10-19-32(34)33-20-11-13-22-35(33)36)42(51)55-40(30-17-8-7-9-18-30)38(28-53-3)45-41(50)31(16-5-2)26-39(49)47-44(29-48)24-14-15-25-44/h4-5,7-13,17-22,31,36-38,40,48H,1-2,6,14-16,23-29H2,3H3,(H,45,50)(H,46,52)(H,47,49)/t31-,37+,38+,40+/m1/s1. The molecule has 0 saturated heterocycles. The molecule has 2 aliphatic rings. The molecule has 3 aromatic rings. The fraction of sp³-hybridized carbons (Fsp3) is 0.409. The fourth-order valence-corrected chi connectivity index (χ4v) is 7.66. The maximum Gasteiger partial charge on any atom is 0.407 e. The van der Waals surface area contributed by atoms with E-state index >= 15 is 0 Å². The monoisotopic (exact) mass is 751 g/mol. The quantitative estimate of drug-likeness (QED) is 0.0778. The number of aliphatic hydroxyl groups is 1. The molecule has 4 N–H and O–H groups in total. The highest BCUT2D eigenvalue weighted by atomic mass is 16.6. The molecule has 0 bridgehead atoms. The number of esters is 1. The number of fused-ring (bicyclic) bond motifs is 3. The van der Waals surface area contributed by atoms with Gasteiger partial charge in [-0.05, 0) is 59.9 Å². The molecule has 5 rings (SSSR count). The summed E-state index contributed by atoms with van der Waals surface area (Å²) in [4.78, 5) is 54.3. The summed E-state index contributed by atoms with van der Waals surface area (Å²) in [5, 5.41) is 18.7. The number of ether oxygens (including phenoxy) is 3. The number of amides is 3. The smallest absolute Gasteiger partial charge is 0.407 e. The molecule has 2 aliphatic carbocycles. The van der Waals surface area contributed by atoms with E-state index in [9.17, 15) is 24.3 Å². The van der Waals surface area contributed by atoms with Gasteiger partial charge in [-0.2, -0.15) is 0 Å². The molecular formula is C44H53N3O8. The molecule has 0 heterocycles. The number of benzene rings is 3. The zero-order chi connectivity index (χ0) is 39.2. The van der Waals surface area contributed by atoms with Crippen molar-refractivity contribution in [3.63, 3.8) is 0 Å². The first kappa shape index (κ1) is 40.9. The van der Waals surface area contributed by atoms with Crippen molar-refractivity contribution >= 4 is 23.9 Å². The zero-order valence-electron chi connectivity index (χ0n) is 31.5. The number of hydrogen-bond acceptors (Lipinski definition) is 8. The van der Waals surface area contributed by atoms with Crippen molar-refractivity contribution in [2.24, 2.45) is 5.92 Å². The Balaban J connectivity index is 1.29. The molecule has 4 atom stereocenters. The second kappa shape index (κ2) is 19.9. The van der Waals surface area contributed by atoms with Crippen molar-refractivity contribution < 1.29 is 38.5 Å². The number of rotatable bonds is 20.